The summed E-state index contributed by atoms with van der Waals surface area (Å²) in [5.41, 5.74) is 2.78. The number of rotatable bonds is 4. The molecule has 0 aliphatic heterocycles. The molecule has 0 amide bonds. The van der Waals surface area contributed by atoms with Crippen molar-refractivity contribution in [2.24, 2.45) is 0 Å². The minimum absolute atomic E-state index is 0.470. The monoisotopic (exact) mass is 457 g/mol. The maximum atomic E-state index is 6.42. The lowest BCUT2D eigenvalue weighted by molar-refractivity contribution is 0.812. The summed E-state index contributed by atoms with van der Waals surface area (Å²) in [6, 6.07) is 23.5. The number of halogens is 3. The number of nitrogens with zero attached hydrogens (tertiary/aromatic N) is 3. The molecule has 4 rings (SSSR count). The molecule has 4 aromatic rings. The lowest BCUT2D eigenvalue weighted by atomic mass is 10.1. The summed E-state index contributed by atoms with van der Waals surface area (Å²) in [6.45, 7) is 0.470. The molecule has 0 saturated heterocycles. The van der Waals surface area contributed by atoms with Crippen molar-refractivity contribution >= 4 is 39.1 Å². The van der Waals surface area contributed by atoms with E-state index in [4.69, 9.17) is 23.2 Å². The number of hydrogen-bond donors (Lipinski definition) is 0. The summed E-state index contributed by atoms with van der Waals surface area (Å²) in [4.78, 5) is 0. The fourth-order valence-electron chi connectivity index (χ4n) is 2.94. The van der Waals surface area contributed by atoms with Crippen LogP contribution in [0.1, 0.15) is 5.56 Å². The Bertz CT molecular complexity index is 1070. The van der Waals surface area contributed by atoms with Gasteiger partial charge in [-0.15, -0.1) is 10.2 Å². The van der Waals surface area contributed by atoms with Gasteiger partial charge in [0.25, 0.3) is 0 Å². The van der Waals surface area contributed by atoms with Crippen LogP contribution in [0.15, 0.2) is 77.3 Å². The summed E-state index contributed by atoms with van der Waals surface area (Å²) in [5.74, 6) is 1.52. The number of hydrogen-bond acceptors (Lipinski definition) is 2. The summed E-state index contributed by atoms with van der Waals surface area (Å²) >= 11 is 16.4. The Morgan fingerprint density at radius 2 is 1.33 bits per heavy atom. The van der Waals surface area contributed by atoms with Crippen molar-refractivity contribution in [2.75, 3.05) is 0 Å². The molecule has 1 aromatic heterocycles. The molecular weight excluding hydrogens is 445 g/mol. The van der Waals surface area contributed by atoms with Crippen LogP contribution in [0.3, 0.4) is 0 Å². The van der Waals surface area contributed by atoms with E-state index in [1.807, 2.05) is 77.4 Å². The van der Waals surface area contributed by atoms with Gasteiger partial charge in [0.15, 0.2) is 11.6 Å². The van der Waals surface area contributed by atoms with E-state index >= 15 is 0 Å². The predicted molar refractivity (Wildman–Crippen MR) is 114 cm³/mol. The second kappa shape index (κ2) is 7.85. The van der Waals surface area contributed by atoms with Gasteiger partial charge in [0.05, 0.1) is 6.54 Å². The van der Waals surface area contributed by atoms with Gasteiger partial charge in [-0.3, -0.25) is 0 Å². The molecule has 0 radical (unpaired) electrons. The molecular formula is C21H14BrCl2N3. The van der Waals surface area contributed by atoms with Gasteiger partial charge in [0.2, 0.25) is 0 Å². The second-order valence-corrected chi connectivity index (χ2v) is 7.74. The molecule has 6 heteroatoms. The molecule has 27 heavy (non-hydrogen) atoms. The quantitative estimate of drug-likeness (QED) is 0.339. The highest BCUT2D eigenvalue weighted by Gasteiger charge is 2.18. The Hall–Kier alpha value is -2.14. The van der Waals surface area contributed by atoms with Crippen molar-refractivity contribution in [3.63, 3.8) is 0 Å². The first-order valence-corrected chi connectivity index (χ1v) is 9.86. The van der Waals surface area contributed by atoms with Crippen LogP contribution in [0.25, 0.3) is 22.8 Å². The smallest absolute Gasteiger partial charge is 0.164 e. The zero-order valence-corrected chi connectivity index (χ0v) is 17.2. The second-order valence-electron chi connectivity index (χ2n) is 6.01. The average Bonchev–Trinajstić information content (AvgIpc) is 3.09. The van der Waals surface area contributed by atoms with E-state index in [0.29, 0.717) is 16.6 Å². The van der Waals surface area contributed by atoms with Crippen LogP contribution in [-0.2, 0) is 6.54 Å². The van der Waals surface area contributed by atoms with Crippen LogP contribution < -0.4 is 0 Å². The van der Waals surface area contributed by atoms with Crippen LogP contribution in [0.2, 0.25) is 10.0 Å². The minimum atomic E-state index is 0.470. The van der Waals surface area contributed by atoms with Crippen molar-refractivity contribution in [3.8, 4) is 22.8 Å². The van der Waals surface area contributed by atoms with Crippen LogP contribution in [0.5, 0.6) is 0 Å². The van der Waals surface area contributed by atoms with E-state index in [-0.39, 0.29) is 0 Å². The maximum Gasteiger partial charge on any atom is 0.164 e. The van der Waals surface area contributed by atoms with E-state index in [9.17, 15) is 0 Å². The van der Waals surface area contributed by atoms with Gasteiger partial charge in [-0.2, -0.15) is 0 Å². The number of aromatic nitrogens is 3. The molecule has 3 aromatic carbocycles. The normalized spacial score (nSPS) is 10.9. The molecule has 0 aliphatic carbocycles. The standard InChI is InChI=1S/C21H14BrCl2N3/c22-16-9-4-8-15(12-16)21-26-25-20(14-6-2-1-3-7-14)27(21)13-17-18(23)10-5-11-19(17)24/h1-12H,13H2. The largest absolute Gasteiger partial charge is 0.302 e. The first kappa shape index (κ1) is 18.2. The Kier molecular flexibility index (Phi) is 5.30. The summed E-state index contributed by atoms with van der Waals surface area (Å²) in [6.07, 6.45) is 0. The fourth-order valence-corrected chi connectivity index (χ4v) is 3.85. The van der Waals surface area contributed by atoms with Crippen molar-refractivity contribution in [1.82, 2.24) is 14.8 Å². The van der Waals surface area contributed by atoms with E-state index in [1.165, 1.54) is 0 Å². The first-order chi connectivity index (χ1) is 13.1. The summed E-state index contributed by atoms with van der Waals surface area (Å²) in [5, 5.41) is 10.2. The summed E-state index contributed by atoms with van der Waals surface area (Å²) in [7, 11) is 0. The average molecular weight is 459 g/mol. The molecule has 3 nitrogen and oxygen atoms in total. The van der Waals surface area contributed by atoms with Crippen molar-refractivity contribution in [2.45, 2.75) is 6.54 Å². The fraction of sp³-hybridized carbons (Fsp3) is 0.0476. The van der Waals surface area contributed by atoms with Crippen molar-refractivity contribution in [1.29, 1.82) is 0 Å². The zero-order chi connectivity index (χ0) is 18.8. The lowest BCUT2D eigenvalue weighted by Crippen LogP contribution is -2.06. The third-order valence-corrected chi connectivity index (χ3v) is 5.44. The highest BCUT2D eigenvalue weighted by molar-refractivity contribution is 9.10. The van der Waals surface area contributed by atoms with E-state index < -0.39 is 0 Å². The highest BCUT2D eigenvalue weighted by atomic mass is 79.9. The van der Waals surface area contributed by atoms with Crippen LogP contribution in [0, 0.1) is 0 Å². The molecule has 0 unspecified atom stereocenters. The van der Waals surface area contributed by atoms with Gasteiger partial charge in [-0.1, -0.05) is 87.7 Å². The van der Waals surface area contributed by atoms with E-state index in [1.54, 1.807) is 0 Å². The molecule has 0 spiro atoms. The molecule has 0 atom stereocenters. The zero-order valence-electron chi connectivity index (χ0n) is 14.1. The van der Waals surface area contributed by atoms with Crippen LogP contribution in [0.4, 0.5) is 0 Å². The first-order valence-electron chi connectivity index (χ1n) is 8.31. The number of benzene rings is 3. The molecule has 0 N–H and O–H groups in total. The molecule has 0 fully saturated rings. The minimum Gasteiger partial charge on any atom is -0.302 e. The topological polar surface area (TPSA) is 30.7 Å². The van der Waals surface area contributed by atoms with Gasteiger partial charge in [0.1, 0.15) is 0 Å². The summed E-state index contributed by atoms with van der Waals surface area (Å²) < 4.78 is 3.02. The maximum absolute atomic E-state index is 6.42. The van der Waals surface area contributed by atoms with Gasteiger partial charge in [0, 0.05) is 31.2 Å². The molecule has 1 heterocycles. The molecule has 0 saturated carbocycles. The van der Waals surface area contributed by atoms with Gasteiger partial charge in [-0.05, 0) is 24.3 Å². The van der Waals surface area contributed by atoms with Crippen LogP contribution in [-0.4, -0.2) is 14.8 Å². The Morgan fingerprint density at radius 1 is 0.741 bits per heavy atom. The molecule has 0 aliphatic rings. The van der Waals surface area contributed by atoms with Crippen LogP contribution >= 0.6 is 39.1 Å². The predicted octanol–water partition coefficient (Wildman–Crippen LogP) is 6.73. The third-order valence-electron chi connectivity index (χ3n) is 4.24. The molecule has 134 valence electrons. The van der Waals surface area contributed by atoms with Gasteiger partial charge in [-0.25, -0.2) is 0 Å². The van der Waals surface area contributed by atoms with Gasteiger partial charge >= 0.3 is 0 Å². The Balaban J connectivity index is 1.90. The highest BCUT2D eigenvalue weighted by Crippen LogP contribution is 2.31. The van der Waals surface area contributed by atoms with Gasteiger partial charge < -0.3 is 4.57 Å². The molecule has 0 bridgehead atoms. The lowest BCUT2D eigenvalue weighted by Gasteiger charge is -2.13. The van der Waals surface area contributed by atoms with Crippen molar-refractivity contribution in [3.05, 3.63) is 92.9 Å². The third kappa shape index (κ3) is 3.79. The SMILES string of the molecule is Clc1cccc(Cl)c1Cn1c(-c2ccccc2)nnc1-c1cccc(Br)c1. The van der Waals surface area contributed by atoms with E-state index in [2.05, 4.69) is 26.1 Å². The Labute approximate surface area is 175 Å². The van der Waals surface area contributed by atoms with E-state index in [0.717, 1.165) is 32.8 Å². The Morgan fingerprint density at radius 3 is 2.00 bits per heavy atom. The van der Waals surface area contributed by atoms with Crippen molar-refractivity contribution < 1.29 is 0 Å².